The number of carbonyl (C=O) groups is 1. The van der Waals surface area contributed by atoms with Gasteiger partial charge in [0.15, 0.2) is 0 Å². The number of carbonyl (C=O) groups excluding carboxylic acids is 1. The average Bonchev–Trinajstić information content (AvgIpc) is 2.72. The summed E-state index contributed by atoms with van der Waals surface area (Å²) in [5, 5.41) is 2.88. The van der Waals surface area contributed by atoms with Gasteiger partial charge in [-0.3, -0.25) is 14.8 Å². The van der Waals surface area contributed by atoms with Crippen molar-refractivity contribution in [2.75, 3.05) is 14.2 Å². The van der Waals surface area contributed by atoms with E-state index < -0.39 is 0 Å². The molecule has 0 saturated heterocycles. The van der Waals surface area contributed by atoms with E-state index in [0.717, 1.165) is 22.4 Å². The van der Waals surface area contributed by atoms with Crippen LogP contribution in [-0.2, 0) is 6.54 Å². The van der Waals surface area contributed by atoms with E-state index >= 15 is 0 Å². The highest BCUT2D eigenvalue weighted by molar-refractivity contribution is 5.95. The summed E-state index contributed by atoms with van der Waals surface area (Å²) in [5.74, 6) is 1.21. The lowest BCUT2D eigenvalue weighted by Gasteiger charge is -2.10. The molecule has 26 heavy (non-hydrogen) atoms. The summed E-state index contributed by atoms with van der Waals surface area (Å²) in [6.45, 7) is 0.345. The number of pyridine rings is 2. The van der Waals surface area contributed by atoms with Crippen molar-refractivity contribution in [2.45, 2.75) is 6.54 Å². The quantitative estimate of drug-likeness (QED) is 0.740. The maximum atomic E-state index is 12.5. The van der Waals surface area contributed by atoms with Crippen LogP contribution in [-0.4, -0.2) is 30.1 Å². The molecule has 2 heterocycles. The molecule has 6 heteroatoms. The number of hydrogen-bond donors (Lipinski definition) is 1. The zero-order chi connectivity index (χ0) is 18.4. The summed E-state index contributed by atoms with van der Waals surface area (Å²) in [6, 6.07) is 11.2. The third-order valence-electron chi connectivity index (χ3n) is 3.95. The first kappa shape index (κ1) is 17.4. The molecule has 0 atom stereocenters. The fourth-order valence-electron chi connectivity index (χ4n) is 2.52. The number of aromatic nitrogens is 2. The van der Waals surface area contributed by atoms with Crippen LogP contribution in [0.2, 0.25) is 0 Å². The van der Waals surface area contributed by atoms with Crippen LogP contribution in [0.5, 0.6) is 11.5 Å². The number of methoxy groups -OCH3 is 2. The predicted molar refractivity (Wildman–Crippen MR) is 98.2 cm³/mol. The Kier molecular flexibility index (Phi) is 5.43. The Morgan fingerprint density at radius 3 is 2.50 bits per heavy atom. The lowest BCUT2D eigenvalue weighted by molar-refractivity contribution is 0.0950. The molecule has 2 aromatic heterocycles. The highest BCUT2D eigenvalue weighted by atomic mass is 16.5. The molecule has 0 radical (unpaired) electrons. The number of amides is 1. The molecular weight excluding hydrogens is 330 g/mol. The number of rotatable bonds is 6. The normalized spacial score (nSPS) is 10.2. The molecule has 3 rings (SSSR count). The maximum absolute atomic E-state index is 12.5. The summed E-state index contributed by atoms with van der Waals surface area (Å²) < 4.78 is 10.4. The first-order valence-electron chi connectivity index (χ1n) is 8.06. The van der Waals surface area contributed by atoms with E-state index in [0.29, 0.717) is 17.9 Å². The SMILES string of the molecule is COc1ccc(-c2cncc(C(=O)NCc3ccncc3OC)c2)cc1. The van der Waals surface area contributed by atoms with Crippen molar-refractivity contribution in [2.24, 2.45) is 0 Å². The Morgan fingerprint density at radius 1 is 0.962 bits per heavy atom. The molecule has 0 unspecified atom stereocenters. The van der Waals surface area contributed by atoms with E-state index in [1.54, 1.807) is 39.0 Å². The van der Waals surface area contributed by atoms with Crippen LogP contribution in [0, 0.1) is 0 Å². The molecule has 6 nitrogen and oxygen atoms in total. The van der Waals surface area contributed by atoms with Gasteiger partial charge < -0.3 is 14.8 Å². The van der Waals surface area contributed by atoms with Crippen molar-refractivity contribution in [3.05, 3.63) is 72.3 Å². The summed E-state index contributed by atoms with van der Waals surface area (Å²) >= 11 is 0. The molecule has 0 fully saturated rings. The van der Waals surface area contributed by atoms with Crippen LogP contribution < -0.4 is 14.8 Å². The number of nitrogens with one attached hydrogen (secondary N) is 1. The molecule has 1 amide bonds. The number of nitrogens with zero attached hydrogens (tertiary/aromatic N) is 2. The van der Waals surface area contributed by atoms with E-state index in [2.05, 4.69) is 15.3 Å². The number of benzene rings is 1. The minimum Gasteiger partial charge on any atom is -0.497 e. The van der Waals surface area contributed by atoms with Gasteiger partial charge in [-0.2, -0.15) is 0 Å². The van der Waals surface area contributed by atoms with Gasteiger partial charge in [0.25, 0.3) is 5.91 Å². The first-order valence-corrected chi connectivity index (χ1v) is 8.06. The topological polar surface area (TPSA) is 73.3 Å². The van der Waals surface area contributed by atoms with Crippen LogP contribution in [0.15, 0.2) is 61.2 Å². The highest BCUT2D eigenvalue weighted by Crippen LogP contribution is 2.22. The maximum Gasteiger partial charge on any atom is 0.253 e. The number of hydrogen-bond acceptors (Lipinski definition) is 5. The molecule has 132 valence electrons. The summed E-state index contributed by atoms with van der Waals surface area (Å²) in [7, 11) is 3.20. The van der Waals surface area contributed by atoms with Crippen LogP contribution >= 0.6 is 0 Å². The van der Waals surface area contributed by atoms with Crippen LogP contribution in [0.1, 0.15) is 15.9 Å². The summed E-state index contributed by atoms with van der Waals surface area (Å²) in [4.78, 5) is 20.7. The zero-order valence-corrected chi connectivity index (χ0v) is 14.6. The van der Waals surface area contributed by atoms with Gasteiger partial charge in [-0.15, -0.1) is 0 Å². The van der Waals surface area contributed by atoms with Gasteiger partial charge in [0, 0.05) is 36.3 Å². The molecule has 0 aliphatic rings. The standard InChI is InChI=1S/C20H19N3O3/c1-25-18-5-3-14(4-6-18)16-9-17(11-22-10-16)20(24)23-12-15-7-8-21-13-19(15)26-2/h3-11,13H,12H2,1-2H3,(H,23,24). The third kappa shape index (κ3) is 3.97. The molecule has 0 aliphatic carbocycles. The second kappa shape index (κ2) is 8.11. The molecule has 1 N–H and O–H groups in total. The molecule has 0 saturated carbocycles. The number of ether oxygens (including phenoxy) is 2. The van der Waals surface area contributed by atoms with E-state index in [4.69, 9.17) is 9.47 Å². The van der Waals surface area contributed by atoms with Crippen molar-refractivity contribution in [3.63, 3.8) is 0 Å². The Labute approximate surface area is 151 Å². The van der Waals surface area contributed by atoms with Gasteiger partial charge in [0.1, 0.15) is 11.5 Å². The Balaban J connectivity index is 1.73. The Bertz CT molecular complexity index is 895. The zero-order valence-electron chi connectivity index (χ0n) is 14.6. The van der Waals surface area contributed by atoms with Crippen LogP contribution in [0.25, 0.3) is 11.1 Å². The molecule has 0 spiro atoms. The van der Waals surface area contributed by atoms with Crippen molar-refractivity contribution in [1.29, 1.82) is 0 Å². The monoisotopic (exact) mass is 349 g/mol. The van der Waals surface area contributed by atoms with Crippen molar-refractivity contribution in [1.82, 2.24) is 15.3 Å². The van der Waals surface area contributed by atoms with Gasteiger partial charge in [0.05, 0.1) is 26.0 Å². The first-order chi connectivity index (χ1) is 12.7. The van der Waals surface area contributed by atoms with Crippen LogP contribution in [0.4, 0.5) is 0 Å². The largest absolute Gasteiger partial charge is 0.497 e. The Morgan fingerprint density at radius 2 is 1.77 bits per heavy atom. The van der Waals surface area contributed by atoms with E-state index in [9.17, 15) is 4.79 Å². The molecule has 1 aromatic carbocycles. The second-order valence-corrected chi connectivity index (χ2v) is 5.56. The smallest absolute Gasteiger partial charge is 0.253 e. The van der Waals surface area contributed by atoms with Gasteiger partial charge in [0.2, 0.25) is 0 Å². The summed E-state index contributed by atoms with van der Waals surface area (Å²) in [6.07, 6.45) is 6.56. The molecule has 0 bridgehead atoms. The Hall–Kier alpha value is -3.41. The minimum absolute atomic E-state index is 0.202. The lowest BCUT2D eigenvalue weighted by Crippen LogP contribution is -2.23. The van der Waals surface area contributed by atoms with Crippen molar-refractivity contribution >= 4 is 5.91 Å². The molecule has 0 aliphatic heterocycles. The minimum atomic E-state index is -0.202. The van der Waals surface area contributed by atoms with Gasteiger partial charge >= 0.3 is 0 Å². The predicted octanol–water partition coefficient (Wildman–Crippen LogP) is 3.09. The third-order valence-corrected chi connectivity index (χ3v) is 3.95. The summed E-state index contributed by atoms with van der Waals surface area (Å²) in [5.41, 5.74) is 3.17. The van der Waals surface area contributed by atoms with Gasteiger partial charge in [-0.25, -0.2) is 0 Å². The van der Waals surface area contributed by atoms with E-state index in [1.807, 2.05) is 36.4 Å². The second-order valence-electron chi connectivity index (χ2n) is 5.56. The fraction of sp³-hybridized carbons (Fsp3) is 0.150. The van der Waals surface area contributed by atoms with Crippen molar-refractivity contribution in [3.8, 4) is 22.6 Å². The highest BCUT2D eigenvalue weighted by Gasteiger charge is 2.10. The lowest BCUT2D eigenvalue weighted by atomic mass is 10.1. The fourth-order valence-corrected chi connectivity index (χ4v) is 2.52. The molecular formula is C20H19N3O3. The van der Waals surface area contributed by atoms with E-state index in [1.165, 1.54) is 0 Å². The van der Waals surface area contributed by atoms with Crippen molar-refractivity contribution < 1.29 is 14.3 Å². The van der Waals surface area contributed by atoms with Crippen LogP contribution in [0.3, 0.4) is 0 Å². The average molecular weight is 349 g/mol. The van der Waals surface area contributed by atoms with Gasteiger partial charge in [-0.05, 0) is 29.8 Å². The van der Waals surface area contributed by atoms with E-state index in [-0.39, 0.29) is 5.91 Å². The molecule has 3 aromatic rings. The van der Waals surface area contributed by atoms with Gasteiger partial charge in [-0.1, -0.05) is 12.1 Å².